The number of aryl methyl sites for hydroxylation is 1. The molecule has 1 aromatic heterocycles. The second-order valence-electron chi connectivity index (χ2n) is 9.69. The third-order valence-corrected chi connectivity index (χ3v) is 7.90. The van der Waals surface area contributed by atoms with Crippen LogP contribution in [0.5, 0.6) is 0 Å². The molecule has 4 rings (SSSR count). The number of aliphatic hydroxyl groups excluding tert-OH is 1. The minimum Gasteiger partial charge on any atom is -0.384 e. The molecule has 0 radical (unpaired) electrons. The summed E-state index contributed by atoms with van der Waals surface area (Å²) < 4.78 is 0. The fourth-order valence-electron chi connectivity index (χ4n) is 5.16. The molecule has 2 saturated heterocycles. The fraction of sp³-hybridized carbons (Fsp3) is 0.500. The van der Waals surface area contributed by atoms with Crippen molar-refractivity contribution in [3.8, 4) is 0 Å². The number of aromatic nitrogens is 1. The summed E-state index contributed by atoms with van der Waals surface area (Å²) in [5.74, 6) is -0.606. The van der Waals surface area contributed by atoms with E-state index in [0.29, 0.717) is 56.6 Å². The van der Waals surface area contributed by atoms with Gasteiger partial charge in [0.05, 0.1) is 18.6 Å². The number of nitrogens with zero attached hydrogens (tertiary/aromatic N) is 4. The van der Waals surface area contributed by atoms with Gasteiger partial charge in [-0.05, 0) is 37.7 Å². The van der Waals surface area contributed by atoms with E-state index in [2.05, 4.69) is 15.3 Å². The third-order valence-electron chi connectivity index (χ3n) is 7.05. The standard InChI is InChI=1S/C26H35N7O4S/c27-26(28)30-12-4-7-19(23(36)25-29-13-14-38-25)31-24(37)20-10-9-18-15-32(16-22(35)33(18)20)21(34)11-8-17-5-2-1-3-6-17/h1-3,5-6,13-14,18-20,23,36H,4,7-12,15-16H2,(H,31,37)(H4,27,28,30). The first kappa shape index (κ1) is 27.5. The number of guanidine groups is 1. The maximum absolute atomic E-state index is 13.4. The zero-order chi connectivity index (χ0) is 27.1. The van der Waals surface area contributed by atoms with Gasteiger partial charge in [0.1, 0.15) is 17.2 Å². The molecule has 2 fully saturated rings. The van der Waals surface area contributed by atoms with Gasteiger partial charge in [-0.1, -0.05) is 30.3 Å². The lowest BCUT2D eigenvalue weighted by Crippen LogP contribution is -2.60. The topological polar surface area (TPSA) is 167 Å². The summed E-state index contributed by atoms with van der Waals surface area (Å²) in [6, 6.07) is 8.33. The SMILES string of the molecule is NC(N)=NCCCC(NC(=O)C1CCC2CN(C(=O)CCc3ccccc3)CC(=O)N21)C(O)c1nccs1. The molecule has 4 unspecified atom stereocenters. The number of carbonyl (C=O) groups excluding carboxylic acids is 3. The summed E-state index contributed by atoms with van der Waals surface area (Å²) in [6.45, 7) is 0.758. The lowest BCUT2D eigenvalue weighted by atomic mass is 10.0. The van der Waals surface area contributed by atoms with Crippen molar-refractivity contribution >= 4 is 35.0 Å². The summed E-state index contributed by atoms with van der Waals surface area (Å²) in [6.07, 6.45) is 3.67. The summed E-state index contributed by atoms with van der Waals surface area (Å²) in [5.41, 5.74) is 11.9. The minimum absolute atomic E-state index is 0.0146. The Hall–Kier alpha value is -3.51. The van der Waals surface area contributed by atoms with Crippen molar-refractivity contribution < 1.29 is 19.5 Å². The highest BCUT2D eigenvalue weighted by Gasteiger charge is 2.46. The van der Waals surface area contributed by atoms with Crippen LogP contribution in [0.2, 0.25) is 0 Å². The summed E-state index contributed by atoms with van der Waals surface area (Å²) in [7, 11) is 0. The van der Waals surface area contributed by atoms with Crippen molar-refractivity contribution in [2.45, 2.75) is 62.8 Å². The van der Waals surface area contributed by atoms with Crippen LogP contribution in [0.15, 0.2) is 46.9 Å². The maximum atomic E-state index is 13.4. The van der Waals surface area contributed by atoms with E-state index in [0.717, 1.165) is 5.56 Å². The molecule has 6 N–H and O–H groups in total. The average molecular weight is 542 g/mol. The number of amides is 3. The van der Waals surface area contributed by atoms with E-state index in [4.69, 9.17) is 11.5 Å². The highest BCUT2D eigenvalue weighted by atomic mass is 32.1. The number of aliphatic hydroxyl groups is 1. The molecule has 4 atom stereocenters. The molecule has 204 valence electrons. The molecule has 0 aliphatic carbocycles. The highest BCUT2D eigenvalue weighted by Crippen LogP contribution is 2.30. The number of carbonyl (C=O) groups is 3. The largest absolute Gasteiger partial charge is 0.384 e. The molecular weight excluding hydrogens is 506 g/mol. The second-order valence-corrected chi connectivity index (χ2v) is 10.6. The number of hydrogen-bond acceptors (Lipinski definition) is 7. The Labute approximate surface area is 225 Å². The second kappa shape index (κ2) is 12.8. The normalized spacial score (nSPS) is 20.5. The van der Waals surface area contributed by atoms with Gasteiger partial charge in [-0.15, -0.1) is 11.3 Å². The molecule has 38 heavy (non-hydrogen) atoms. The Balaban J connectivity index is 1.35. The van der Waals surface area contributed by atoms with Gasteiger partial charge in [0.15, 0.2) is 5.96 Å². The van der Waals surface area contributed by atoms with Gasteiger partial charge in [0, 0.05) is 31.1 Å². The lowest BCUT2D eigenvalue weighted by Gasteiger charge is -2.39. The first-order valence-electron chi connectivity index (χ1n) is 12.9. The van der Waals surface area contributed by atoms with E-state index >= 15 is 0 Å². The molecule has 0 bridgehead atoms. The number of aliphatic imine (C=N–C) groups is 1. The van der Waals surface area contributed by atoms with E-state index in [9.17, 15) is 19.5 Å². The van der Waals surface area contributed by atoms with Crippen LogP contribution in [0.25, 0.3) is 0 Å². The van der Waals surface area contributed by atoms with Gasteiger partial charge in [-0.2, -0.15) is 0 Å². The van der Waals surface area contributed by atoms with Crippen molar-refractivity contribution in [2.75, 3.05) is 19.6 Å². The molecule has 0 spiro atoms. The Morgan fingerprint density at radius 1 is 1.24 bits per heavy atom. The predicted octanol–water partition coefficient (Wildman–Crippen LogP) is 0.550. The van der Waals surface area contributed by atoms with Gasteiger partial charge in [-0.25, -0.2) is 4.98 Å². The Bertz CT molecular complexity index is 1120. The number of rotatable bonds is 11. The fourth-order valence-corrected chi connectivity index (χ4v) is 5.85. The molecule has 2 aromatic rings. The van der Waals surface area contributed by atoms with Crippen LogP contribution in [0.1, 0.15) is 48.8 Å². The zero-order valence-corrected chi connectivity index (χ0v) is 22.1. The van der Waals surface area contributed by atoms with E-state index in [-0.39, 0.29) is 36.3 Å². The smallest absolute Gasteiger partial charge is 0.243 e. The van der Waals surface area contributed by atoms with Crippen molar-refractivity contribution in [2.24, 2.45) is 16.5 Å². The highest BCUT2D eigenvalue weighted by molar-refractivity contribution is 7.09. The number of nitrogens with two attached hydrogens (primary N) is 2. The van der Waals surface area contributed by atoms with E-state index in [1.165, 1.54) is 11.3 Å². The van der Waals surface area contributed by atoms with Gasteiger partial charge in [-0.3, -0.25) is 19.4 Å². The molecular formula is C26H35N7O4S. The first-order valence-corrected chi connectivity index (χ1v) is 13.8. The van der Waals surface area contributed by atoms with Crippen LogP contribution in [0.4, 0.5) is 0 Å². The van der Waals surface area contributed by atoms with Crippen LogP contribution < -0.4 is 16.8 Å². The first-order chi connectivity index (χ1) is 18.3. The predicted molar refractivity (Wildman–Crippen MR) is 144 cm³/mol. The van der Waals surface area contributed by atoms with Gasteiger partial charge < -0.3 is 31.7 Å². The third kappa shape index (κ3) is 6.87. The number of hydrogen-bond donors (Lipinski definition) is 4. The molecule has 3 heterocycles. The van der Waals surface area contributed by atoms with Gasteiger partial charge in [0.2, 0.25) is 17.7 Å². The van der Waals surface area contributed by atoms with Crippen LogP contribution in [0.3, 0.4) is 0 Å². The van der Waals surface area contributed by atoms with Gasteiger partial charge in [0.25, 0.3) is 0 Å². The van der Waals surface area contributed by atoms with E-state index in [1.807, 2.05) is 30.3 Å². The van der Waals surface area contributed by atoms with E-state index < -0.39 is 18.2 Å². The Morgan fingerprint density at radius 2 is 2.03 bits per heavy atom. The van der Waals surface area contributed by atoms with Crippen LogP contribution >= 0.6 is 11.3 Å². The Kier molecular flexibility index (Phi) is 9.29. The van der Waals surface area contributed by atoms with Crippen LogP contribution in [-0.4, -0.2) is 81.3 Å². The molecule has 2 aliphatic heterocycles. The number of piperazine rings is 1. The summed E-state index contributed by atoms with van der Waals surface area (Å²) >= 11 is 1.30. The number of nitrogens with one attached hydrogen (secondary N) is 1. The van der Waals surface area contributed by atoms with E-state index in [1.54, 1.807) is 21.4 Å². The lowest BCUT2D eigenvalue weighted by molar-refractivity contribution is -0.151. The van der Waals surface area contributed by atoms with Crippen molar-refractivity contribution in [1.29, 1.82) is 0 Å². The number of benzene rings is 1. The van der Waals surface area contributed by atoms with Crippen molar-refractivity contribution in [1.82, 2.24) is 20.1 Å². The molecule has 3 amide bonds. The Morgan fingerprint density at radius 3 is 2.74 bits per heavy atom. The maximum Gasteiger partial charge on any atom is 0.243 e. The molecule has 2 aliphatic rings. The molecule has 1 aromatic carbocycles. The van der Waals surface area contributed by atoms with Gasteiger partial charge >= 0.3 is 0 Å². The van der Waals surface area contributed by atoms with Crippen molar-refractivity contribution in [3.63, 3.8) is 0 Å². The average Bonchev–Trinajstić information content (AvgIpc) is 3.60. The quantitative estimate of drug-likeness (QED) is 0.183. The van der Waals surface area contributed by atoms with Crippen LogP contribution in [0, 0.1) is 0 Å². The monoisotopic (exact) mass is 541 g/mol. The molecule has 12 heteroatoms. The summed E-state index contributed by atoms with van der Waals surface area (Å²) in [5, 5.41) is 16.1. The minimum atomic E-state index is -0.995. The molecule has 11 nitrogen and oxygen atoms in total. The number of fused-ring (bicyclic) bond motifs is 1. The zero-order valence-electron chi connectivity index (χ0n) is 21.2. The summed E-state index contributed by atoms with van der Waals surface area (Å²) in [4.78, 5) is 50.7. The van der Waals surface area contributed by atoms with Crippen molar-refractivity contribution in [3.05, 3.63) is 52.5 Å². The van der Waals surface area contributed by atoms with Crippen LogP contribution in [-0.2, 0) is 20.8 Å². The number of thiazole rings is 1. The molecule has 0 saturated carbocycles.